The molecule has 1 unspecified atom stereocenters. The fourth-order valence-electron chi connectivity index (χ4n) is 4.11. The van der Waals surface area contributed by atoms with Crippen LogP contribution in [0.15, 0.2) is 66.9 Å². The lowest BCUT2D eigenvalue weighted by molar-refractivity contribution is -0.120. The van der Waals surface area contributed by atoms with E-state index in [0.29, 0.717) is 22.9 Å². The maximum absolute atomic E-state index is 13.2. The van der Waals surface area contributed by atoms with Crippen molar-refractivity contribution < 1.29 is 19.1 Å². The van der Waals surface area contributed by atoms with E-state index in [2.05, 4.69) is 27.5 Å². The molecular formula is C28H26N4O4. The van der Waals surface area contributed by atoms with Crippen molar-refractivity contribution in [1.82, 2.24) is 15.6 Å². The van der Waals surface area contributed by atoms with Gasteiger partial charge in [0.2, 0.25) is 0 Å². The first-order chi connectivity index (χ1) is 17.6. The zero-order valence-corrected chi connectivity index (χ0v) is 19.9. The summed E-state index contributed by atoms with van der Waals surface area (Å²) in [5.41, 5.74) is 1.55. The highest BCUT2D eigenvalue weighted by molar-refractivity contribution is 6.03. The molecule has 0 spiro atoms. The van der Waals surface area contributed by atoms with Gasteiger partial charge in [-0.2, -0.15) is 0 Å². The van der Waals surface area contributed by atoms with Gasteiger partial charge < -0.3 is 25.0 Å². The molecule has 36 heavy (non-hydrogen) atoms. The minimum atomic E-state index is -0.882. The summed E-state index contributed by atoms with van der Waals surface area (Å²) >= 11 is 0. The first-order valence-corrected chi connectivity index (χ1v) is 11.9. The van der Waals surface area contributed by atoms with E-state index >= 15 is 0 Å². The first-order valence-electron chi connectivity index (χ1n) is 11.9. The minimum Gasteiger partial charge on any atom is -0.489 e. The van der Waals surface area contributed by atoms with Crippen molar-refractivity contribution in [1.29, 1.82) is 0 Å². The monoisotopic (exact) mass is 482 g/mol. The van der Waals surface area contributed by atoms with E-state index in [9.17, 15) is 9.59 Å². The molecular weight excluding hydrogens is 456 g/mol. The summed E-state index contributed by atoms with van der Waals surface area (Å²) < 4.78 is 11.7. The Morgan fingerprint density at radius 2 is 2.03 bits per heavy atom. The zero-order chi connectivity index (χ0) is 24.9. The molecule has 1 saturated heterocycles. The number of benzene rings is 2. The van der Waals surface area contributed by atoms with Crippen LogP contribution in [0.1, 0.15) is 28.9 Å². The van der Waals surface area contributed by atoms with Gasteiger partial charge in [0, 0.05) is 24.9 Å². The summed E-state index contributed by atoms with van der Waals surface area (Å²) in [5, 5.41) is 6.10. The summed E-state index contributed by atoms with van der Waals surface area (Å²) in [6, 6.07) is 17.3. The van der Waals surface area contributed by atoms with Gasteiger partial charge in [-0.1, -0.05) is 30.0 Å². The van der Waals surface area contributed by atoms with Crippen molar-refractivity contribution in [2.45, 2.75) is 24.9 Å². The molecule has 2 N–H and O–H groups in total. The molecule has 5 rings (SSSR count). The van der Waals surface area contributed by atoms with Crippen LogP contribution in [-0.4, -0.2) is 49.1 Å². The van der Waals surface area contributed by atoms with Crippen molar-refractivity contribution in [3.05, 3.63) is 78.1 Å². The Morgan fingerprint density at radius 3 is 2.83 bits per heavy atom. The Kier molecular flexibility index (Phi) is 6.83. The van der Waals surface area contributed by atoms with Crippen molar-refractivity contribution in [3.8, 4) is 29.1 Å². The topological polar surface area (TPSA) is 92.8 Å². The van der Waals surface area contributed by atoms with Crippen molar-refractivity contribution in [3.63, 3.8) is 0 Å². The van der Waals surface area contributed by atoms with Gasteiger partial charge in [0.25, 0.3) is 11.8 Å². The fourth-order valence-corrected chi connectivity index (χ4v) is 4.11. The fraction of sp³-hybridized carbons (Fsp3) is 0.250. The van der Waals surface area contributed by atoms with Crippen molar-refractivity contribution >= 4 is 17.5 Å². The number of para-hydroxylation sites is 1. The average Bonchev–Trinajstić information content (AvgIpc) is 3.40. The Hall–Kier alpha value is -4.35. The molecule has 2 aliphatic rings. The van der Waals surface area contributed by atoms with Gasteiger partial charge in [0.15, 0.2) is 0 Å². The van der Waals surface area contributed by atoms with E-state index < -0.39 is 11.9 Å². The van der Waals surface area contributed by atoms with E-state index in [1.54, 1.807) is 19.2 Å². The largest absolute Gasteiger partial charge is 0.489 e. The van der Waals surface area contributed by atoms with Crippen LogP contribution in [0.5, 0.6) is 17.2 Å². The number of likely N-dealkylation sites (N-methyl/N-ethyl adjacent to an activating group) is 1. The smallest absolute Gasteiger partial charge is 0.270 e. The molecule has 8 nitrogen and oxygen atoms in total. The van der Waals surface area contributed by atoms with Crippen LogP contribution in [0.25, 0.3) is 0 Å². The van der Waals surface area contributed by atoms with Crippen LogP contribution in [0.2, 0.25) is 0 Å². The second-order valence-corrected chi connectivity index (χ2v) is 8.63. The number of carbonyl (C=O) groups excluding carboxylic acids is 2. The van der Waals surface area contributed by atoms with Gasteiger partial charge in [0.1, 0.15) is 35.6 Å². The third kappa shape index (κ3) is 5.32. The quantitative estimate of drug-likeness (QED) is 0.555. The third-order valence-electron chi connectivity index (χ3n) is 6.05. The van der Waals surface area contributed by atoms with E-state index in [0.717, 1.165) is 24.9 Å². The standard InChI is InChI=1S/C28H26N4O4/c1-32-25-16-19(9-11-20-6-5-14-29-20)10-12-26(25)35-18-24(28(32)34)31-27(33)23-17-22(13-15-30-23)36-21-7-3-2-4-8-21/h2-4,7-8,10,12-13,15-17,20,24,29H,5-6,14,18H2,1H3,(H,31,33)/t20?,24-/m0/s1. The highest BCUT2D eigenvalue weighted by atomic mass is 16.5. The van der Waals surface area contributed by atoms with Crippen LogP contribution in [0.4, 0.5) is 5.69 Å². The third-order valence-corrected chi connectivity index (χ3v) is 6.05. The molecule has 1 aromatic heterocycles. The second-order valence-electron chi connectivity index (χ2n) is 8.63. The Labute approximate surface area is 209 Å². The number of fused-ring (bicyclic) bond motifs is 1. The van der Waals surface area contributed by atoms with Gasteiger partial charge in [-0.25, -0.2) is 0 Å². The normalized spacial score (nSPS) is 18.8. The lowest BCUT2D eigenvalue weighted by Crippen LogP contribution is -2.49. The van der Waals surface area contributed by atoms with Crippen LogP contribution in [-0.2, 0) is 4.79 Å². The molecule has 2 aliphatic heterocycles. The molecule has 0 saturated carbocycles. The molecule has 8 heteroatoms. The van der Waals surface area contributed by atoms with Gasteiger partial charge in [-0.05, 0) is 55.8 Å². The number of amides is 2. The van der Waals surface area contributed by atoms with Gasteiger partial charge in [-0.3, -0.25) is 14.6 Å². The number of nitrogens with one attached hydrogen (secondary N) is 2. The zero-order valence-electron chi connectivity index (χ0n) is 19.9. The number of rotatable bonds is 4. The number of pyridine rings is 1. The molecule has 0 aliphatic carbocycles. The predicted molar refractivity (Wildman–Crippen MR) is 135 cm³/mol. The molecule has 0 radical (unpaired) electrons. The summed E-state index contributed by atoms with van der Waals surface area (Å²) in [6.45, 7) is 0.987. The van der Waals surface area contributed by atoms with Crippen molar-refractivity contribution in [2.24, 2.45) is 0 Å². The lowest BCUT2D eigenvalue weighted by atomic mass is 10.1. The highest BCUT2D eigenvalue weighted by Gasteiger charge is 2.31. The molecule has 2 aromatic carbocycles. The Balaban J connectivity index is 1.28. The average molecular weight is 483 g/mol. The number of hydrogen-bond acceptors (Lipinski definition) is 6. The molecule has 1 fully saturated rings. The van der Waals surface area contributed by atoms with E-state index in [-0.39, 0.29) is 24.2 Å². The van der Waals surface area contributed by atoms with Gasteiger partial charge in [0.05, 0.1) is 11.7 Å². The molecule has 2 amide bonds. The number of ether oxygens (including phenoxy) is 2. The minimum absolute atomic E-state index is 0.000854. The number of anilines is 1. The molecule has 3 heterocycles. The number of hydrogen-bond donors (Lipinski definition) is 2. The van der Waals surface area contributed by atoms with E-state index in [1.807, 2.05) is 42.5 Å². The van der Waals surface area contributed by atoms with Gasteiger partial charge in [-0.15, -0.1) is 0 Å². The predicted octanol–water partition coefficient (Wildman–Crippen LogP) is 3.13. The lowest BCUT2D eigenvalue weighted by Gasteiger charge is -2.20. The summed E-state index contributed by atoms with van der Waals surface area (Å²) in [4.78, 5) is 31.8. The Morgan fingerprint density at radius 1 is 1.17 bits per heavy atom. The van der Waals surface area contributed by atoms with Crippen molar-refractivity contribution in [2.75, 3.05) is 25.1 Å². The summed E-state index contributed by atoms with van der Waals surface area (Å²) in [6.07, 6.45) is 3.66. The molecule has 2 atom stereocenters. The van der Waals surface area contributed by atoms with Crippen LogP contribution >= 0.6 is 0 Å². The highest BCUT2D eigenvalue weighted by Crippen LogP contribution is 2.31. The Bertz CT molecular complexity index is 1330. The van der Waals surface area contributed by atoms with E-state index in [4.69, 9.17) is 9.47 Å². The summed E-state index contributed by atoms with van der Waals surface area (Å²) in [7, 11) is 1.66. The van der Waals surface area contributed by atoms with E-state index in [1.165, 1.54) is 17.2 Å². The maximum atomic E-state index is 13.2. The second kappa shape index (κ2) is 10.5. The maximum Gasteiger partial charge on any atom is 0.270 e. The molecule has 3 aromatic rings. The first kappa shape index (κ1) is 23.4. The number of aromatic nitrogens is 1. The van der Waals surface area contributed by atoms with Gasteiger partial charge >= 0.3 is 0 Å². The number of carbonyl (C=O) groups is 2. The molecule has 0 bridgehead atoms. The van der Waals surface area contributed by atoms with Crippen LogP contribution in [0.3, 0.4) is 0 Å². The number of nitrogens with zero attached hydrogens (tertiary/aromatic N) is 2. The summed E-state index contributed by atoms with van der Waals surface area (Å²) in [5.74, 6) is 7.31. The van der Waals surface area contributed by atoms with Crippen LogP contribution < -0.4 is 25.0 Å². The molecule has 182 valence electrons. The van der Waals surface area contributed by atoms with Crippen LogP contribution in [0, 0.1) is 11.8 Å². The SMILES string of the molecule is CN1C(=O)[C@@H](NC(=O)c2cc(Oc3ccccc3)ccn2)COc2ccc(C#CC3CCCN3)cc21.